The Hall–Kier alpha value is -2.99. The van der Waals surface area contributed by atoms with Gasteiger partial charge in [-0.1, -0.05) is 47.6 Å². The molecule has 1 aromatic heterocycles. The molecule has 1 N–H and O–H groups in total. The Balaban J connectivity index is 1.47. The van der Waals surface area contributed by atoms with Crippen LogP contribution in [-0.4, -0.2) is 23.2 Å². The summed E-state index contributed by atoms with van der Waals surface area (Å²) in [4.78, 5) is 13.0. The number of nitrogens with zero attached hydrogens (tertiary/aromatic N) is 1. The molecule has 3 aromatic rings. The van der Waals surface area contributed by atoms with Gasteiger partial charge in [0.25, 0.3) is 5.91 Å². The average molecular weight is 394 g/mol. The summed E-state index contributed by atoms with van der Waals surface area (Å²) in [6.45, 7) is 2.22. The van der Waals surface area contributed by atoms with Crippen molar-refractivity contribution in [3.63, 3.8) is 0 Å². The number of rotatable bonds is 6. The standard InChI is InChI=1S/C23H23FN2O3/c1-15-21(22(29-26-15)17-9-5-10-18(24)13-17)23(27)25-19-11-6-12-20(19)28-14-16-7-3-2-4-8-16/h2-5,7-10,13,19-20H,6,11-12,14H2,1H3,(H,25,27)/t19-,20-/m0/s1. The molecule has 1 fully saturated rings. The van der Waals surface area contributed by atoms with Gasteiger partial charge in [0.2, 0.25) is 0 Å². The van der Waals surface area contributed by atoms with Gasteiger partial charge >= 0.3 is 0 Å². The van der Waals surface area contributed by atoms with Crippen molar-refractivity contribution in [2.45, 2.75) is 44.9 Å². The number of hydrogen-bond donors (Lipinski definition) is 1. The van der Waals surface area contributed by atoms with E-state index in [9.17, 15) is 9.18 Å². The highest BCUT2D eigenvalue weighted by Crippen LogP contribution is 2.28. The van der Waals surface area contributed by atoms with E-state index in [0.29, 0.717) is 23.4 Å². The highest BCUT2D eigenvalue weighted by atomic mass is 19.1. The minimum absolute atomic E-state index is 0.0445. The van der Waals surface area contributed by atoms with E-state index in [1.165, 1.54) is 12.1 Å². The fraction of sp³-hybridized carbons (Fsp3) is 0.304. The summed E-state index contributed by atoms with van der Waals surface area (Å²) in [7, 11) is 0. The van der Waals surface area contributed by atoms with Crippen LogP contribution in [-0.2, 0) is 11.3 Å². The van der Waals surface area contributed by atoms with Gasteiger partial charge in [-0.05, 0) is 43.9 Å². The van der Waals surface area contributed by atoms with E-state index in [-0.39, 0.29) is 23.8 Å². The fourth-order valence-corrected chi connectivity index (χ4v) is 3.77. The quantitative estimate of drug-likeness (QED) is 0.661. The summed E-state index contributed by atoms with van der Waals surface area (Å²) in [5, 5.41) is 7.00. The predicted molar refractivity (Wildman–Crippen MR) is 107 cm³/mol. The number of benzene rings is 2. The van der Waals surface area contributed by atoms with Gasteiger partial charge in [0.05, 0.1) is 24.4 Å². The van der Waals surface area contributed by atoms with Crippen LogP contribution in [0.5, 0.6) is 0 Å². The molecule has 0 saturated heterocycles. The zero-order valence-corrected chi connectivity index (χ0v) is 16.2. The summed E-state index contributed by atoms with van der Waals surface area (Å²) in [6, 6.07) is 15.8. The Morgan fingerprint density at radius 2 is 2.03 bits per heavy atom. The largest absolute Gasteiger partial charge is 0.371 e. The second kappa shape index (κ2) is 8.57. The van der Waals surface area contributed by atoms with Crippen LogP contribution in [0.2, 0.25) is 0 Å². The van der Waals surface area contributed by atoms with Crippen LogP contribution in [0.4, 0.5) is 4.39 Å². The van der Waals surface area contributed by atoms with E-state index >= 15 is 0 Å². The van der Waals surface area contributed by atoms with Crippen molar-refractivity contribution in [1.29, 1.82) is 0 Å². The Morgan fingerprint density at radius 3 is 2.83 bits per heavy atom. The number of ether oxygens (including phenoxy) is 1. The van der Waals surface area contributed by atoms with Gasteiger partial charge in [-0.15, -0.1) is 0 Å². The predicted octanol–water partition coefficient (Wildman–Crippen LogP) is 4.66. The molecule has 150 valence electrons. The smallest absolute Gasteiger partial charge is 0.257 e. The first-order chi connectivity index (χ1) is 14.1. The monoisotopic (exact) mass is 394 g/mol. The Morgan fingerprint density at radius 1 is 1.21 bits per heavy atom. The lowest BCUT2D eigenvalue weighted by molar-refractivity contribution is 0.0272. The lowest BCUT2D eigenvalue weighted by atomic mass is 10.1. The third kappa shape index (κ3) is 4.38. The molecule has 2 atom stereocenters. The van der Waals surface area contributed by atoms with Crippen molar-refractivity contribution in [2.24, 2.45) is 0 Å². The number of carbonyl (C=O) groups is 1. The van der Waals surface area contributed by atoms with Crippen LogP contribution in [0.3, 0.4) is 0 Å². The van der Waals surface area contributed by atoms with Gasteiger partial charge in [0, 0.05) is 5.56 Å². The first kappa shape index (κ1) is 19.3. The van der Waals surface area contributed by atoms with Gasteiger partial charge in [-0.25, -0.2) is 4.39 Å². The lowest BCUT2D eigenvalue weighted by Gasteiger charge is -2.21. The van der Waals surface area contributed by atoms with E-state index in [1.54, 1.807) is 19.1 Å². The molecule has 0 spiro atoms. The molecule has 0 radical (unpaired) electrons. The maximum absolute atomic E-state index is 13.6. The van der Waals surface area contributed by atoms with E-state index in [2.05, 4.69) is 10.5 Å². The van der Waals surface area contributed by atoms with Crippen molar-refractivity contribution in [3.8, 4) is 11.3 Å². The van der Waals surface area contributed by atoms with Crippen LogP contribution in [0.1, 0.15) is 40.9 Å². The van der Waals surface area contributed by atoms with Crippen LogP contribution < -0.4 is 5.32 Å². The average Bonchev–Trinajstić information content (AvgIpc) is 3.33. The molecular weight excluding hydrogens is 371 g/mol. The minimum Gasteiger partial charge on any atom is -0.371 e. The third-order valence-corrected chi connectivity index (χ3v) is 5.25. The first-order valence-electron chi connectivity index (χ1n) is 9.80. The maximum atomic E-state index is 13.6. The van der Waals surface area contributed by atoms with E-state index in [1.807, 2.05) is 30.3 Å². The Labute approximate surface area is 168 Å². The minimum atomic E-state index is -0.395. The highest BCUT2D eigenvalue weighted by molar-refractivity contribution is 6.00. The molecule has 2 aromatic carbocycles. The molecule has 6 heteroatoms. The summed E-state index contributed by atoms with van der Waals surface area (Å²) in [5.74, 6) is -0.393. The van der Waals surface area contributed by atoms with Gasteiger partial charge in [0.15, 0.2) is 5.76 Å². The summed E-state index contributed by atoms with van der Waals surface area (Å²) < 4.78 is 25.0. The van der Waals surface area contributed by atoms with Gasteiger partial charge in [-0.2, -0.15) is 0 Å². The molecule has 5 nitrogen and oxygen atoms in total. The number of carbonyl (C=O) groups excluding carboxylic acids is 1. The second-order valence-electron chi connectivity index (χ2n) is 7.33. The van der Waals surface area contributed by atoms with Gasteiger partial charge in [-0.3, -0.25) is 4.79 Å². The molecule has 4 rings (SSSR count). The van der Waals surface area contributed by atoms with Crippen molar-refractivity contribution in [1.82, 2.24) is 10.5 Å². The summed E-state index contributed by atoms with van der Waals surface area (Å²) >= 11 is 0. The molecule has 0 bridgehead atoms. The van der Waals surface area contributed by atoms with Crippen molar-refractivity contribution >= 4 is 5.91 Å². The number of nitrogens with one attached hydrogen (secondary N) is 1. The number of hydrogen-bond acceptors (Lipinski definition) is 4. The molecule has 1 aliphatic rings. The summed E-state index contributed by atoms with van der Waals surface area (Å²) in [6.07, 6.45) is 2.70. The van der Waals surface area contributed by atoms with Crippen molar-refractivity contribution in [2.75, 3.05) is 0 Å². The molecule has 1 aliphatic carbocycles. The molecule has 1 saturated carbocycles. The van der Waals surface area contributed by atoms with Crippen molar-refractivity contribution < 1.29 is 18.4 Å². The maximum Gasteiger partial charge on any atom is 0.257 e. The molecular formula is C23H23FN2O3. The number of aryl methyl sites for hydroxylation is 1. The lowest BCUT2D eigenvalue weighted by Crippen LogP contribution is -2.41. The highest BCUT2D eigenvalue weighted by Gasteiger charge is 2.32. The SMILES string of the molecule is Cc1noc(-c2cccc(F)c2)c1C(=O)N[C@H]1CCC[C@@H]1OCc1ccccc1. The van der Waals surface area contributed by atoms with E-state index < -0.39 is 5.82 Å². The van der Waals surface area contributed by atoms with Crippen molar-refractivity contribution in [3.05, 3.63) is 77.2 Å². The molecule has 0 aliphatic heterocycles. The Kier molecular flexibility index (Phi) is 5.71. The first-order valence-corrected chi connectivity index (χ1v) is 9.80. The van der Waals surface area contributed by atoms with Crippen LogP contribution in [0, 0.1) is 12.7 Å². The Bertz CT molecular complexity index is 987. The molecule has 1 amide bonds. The molecule has 29 heavy (non-hydrogen) atoms. The number of aromatic nitrogens is 1. The molecule has 0 unspecified atom stereocenters. The summed E-state index contributed by atoms with van der Waals surface area (Å²) in [5.41, 5.74) is 2.40. The van der Waals surface area contributed by atoms with Gasteiger partial charge < -0.3 is 14.6 Å². The second-order valence-corrected chi connectivity index (χ2v) is 7.33. The third-order valence-electron chi connectivity index (χ3n) is 5.25. The van der Waals surface area contributed by atoms with E-state index in [0.717, 1.165) is 24.8 Å². The zero-order chi connectivity index (χ0) is 20.2. The zero-order valence-electron chi connectivity index (χ0n) is 16.2. The number of amides is 1. The fourth-order valence-electron chi connectivity index (χ4n) is 3.77. The molecule has 1 heterocycles. The van der Waals surface area contributed by atoms with E-state index in [4.69, 9.17) is 9.26 Å². The topological polar surface area (TPSA) is 64.4 Å². The van der Waals surface area contributed by atoms with Crippen LogP contribution in [0.15, 0.2) is 59.1 Å². The normalized spacial score (nSPS) is 18.7. The van der Waals surface area contributed by atoms with Crippen LogP contribution >= 0.6 is 0 Å². The van der Waals surface area contributed by atoms with Gasteiger partial charge in [0.1, 0.15) is 11.4 Å². The number of halogens is 1. The van der Waals surface area contributed by atoms with Crippen LogP contribution in [0.25, 0.3) is 11.3 Å².